The number of ether oxygens (including phenoxy) is 5. The summed E-state index contributed by atoms with van der Waals surface area (Å²) in [5, 5.41) is 0. The summed E-state index contributed by atoms with van der Waals surface area (Å²) in [6.07, 6.45) is -0.623. The molecule has 0 saturated carbocycles. The lowest BCUT2D eigenvalue weighted by Crippen LogP contribution is -2.67. The second kappa shape index (κ2) is 7.55. The summed E-state index contributed by atoms with van der Waals surface area (Å²) in [6, 6.07) is 0. The van der Waals surface area contributed by atoms with Crippen LogP contribution in [0.25, 0.3) is 0 Å². The van der Waals surface area contributed by atoms with Crippen molar-refractivity contribution < 1.29 is 23.7 Å². The van der Waals surface area contributed by atoms with Crippen molar-refractivity contribution in [2.75, 3.05) is 35.5 Å². The molecule has 0 heterocycles. The highest BCUT2D eigenvalue weighted by Crippen LogP contribution is 2.38. The van der Waals surface area contributed by atoms with Gasteiger partial charge in [0.15, 0.2) is 0 Å². The van der Waals surface area contributed by atoms with Gasteiger partial charge in [-0.2, -0.15) is 0 Å². The Labute approximate surface area is 117 Å². The standard InChI is InChI=1S/C14H30O5/c1-10(15-5)12(17-7)14(4,19-9)13(3,18-8)11(2)16-6/h10-12H,1-9H3. The average molecular weight is 278 g/mol. The summed E-state index contributed by atoms with van der Waals surface area (Å²) in [6.45, 7) is 7.80. The number of methoxy groups -OCH3 is 5. The van der Waals surface area contributed by atoms with Crippen molar-refractivity contribution in [3.63, 3.8) is 0 Å². The van der Waals surface area contributed by atoms with Crippen LogP contribution in [0.2, 0.25) is 0 Å². The van der Waals surface area contributed by atoms with Gasteiger partial charge < -0.3 is 23.7 Å². The Kier molecular flexibility index (Phi) is 7.47. The molecular formula is C14H30O5. The van der Waals surface area contributed by atoms with Gasteiger partial charge >= 0.3 is 0 Å². The monoisotopic (exact) mass is 278 g/mol. The normalized spacial score (nSPS) is 23.2. The molecule has 0 aliphatic rings. The molecular weight excluding hydrogens is 248 g/mol. The van der Waals surface area contributed by atoms with Crippen molar-refractivity contribution in [1.29, 1.82) is 0 Å². The van der Waals surface area contributed by atoms with Crippen molar-refractivity contribution in [2.24, 2.45) is 0 Å². The van der Waals surface area contributed by atoms with E-state index in [1.54, 1.807) is 35.5 Å². The molecule has 0 amide bonds. The van der Waals surface area contributed by atoms with E-state index in [-0.39, 0.29) is 18.3 Å². The van der Waals surface area contributed by atoms with Crippen molar-refractivity contribution in [1.82, 2.24) is 0 Å². The molecule has 0 aromatic heterocycles. The van der Waals surface area contributed by atoms with E-state index in [2.05, 4.69) is 0 Å². The van der Waals surface area contributed by atoms with Crippen molar-refractivity contribution >= 4 is 0 Å². The van der Waals surface area contributed by atoms with E-state index in [4.69, 9.17) is 23.7 Å². The van der Waals surface area contributed by atoms with Crippen LogP contribution in [0.1, 0.15) is 27.7 Å². The second-order valence-corrected chi connectivity index (χ2v) is 5.10. The topological polar surface area (TPSA) is 46.2 Å². The van der Waals surface area contributed by atoms with E-state index in [0.717, 1.165) is 0 Å². The highest BCUT2D eigenvalue weighted by Gasteiger charge is 2.56. The molecule has 0 bridgehead atoms. The quantitative estimate of drug-likeness (QED) is 0.644. The first kappa shape index (κ1) is 18.8. The fraction of sp³-hybridized carbons (Fsp3) is 1.00. The Morgan fingerprint density at radius 2 is 1.16 bits per heavy atom. The van der Waals surface area contributed by atoms with Crippen molar-refractivity contribution in [3.05, 3.63) is 0 Å². The lowest BCUT2D eigenvalue weighted by atomic mass is 9.75. The fourth-order valence-corrected chi connectivity index (χ4v) is 2.59. The lowest BCUT2D eigenvalue weighted by Gasteiger charge is -2.51. The Morgan fingerprint density at radius 3 is 1.42 bits per heavy atom. The molecule has 0 fully saturated rings. The summed E-state index contributed by atoms with van der Waals surface area (Å²) in [5.41, 5.74) is -1.43. The molecule has 0 spiro atoms. The minimum atomic E-state index is -0.735. The minimum absolute atomic E-state index is 0.145. The first-order valence-electron chi connectivity index (χ1n) is 6.47. The van der Waals surface area contributed by atoms with Gasteiger partial charge in [0.05, 0.1) is 12.2 Å². The van der Waals surface area contributed by atoms with Crippen LogP contribution in [0.3, 0.4) is 0 Å². The summed E-state index contributed by atoms with van der Waals surface area (Å²) in [7, 11) is 8.24. The first-order valence-corrected chi connectivity index (χ1v) is 6.47. The first-order chi connectivity index (χ1) is 8.78. The third-order valence-corrected chi connectivity index (χ3v) is 4.56. The van der Waals surface area contributed by atoms with Gasteiger partial charge in [-0.1, -0.05) is 0 Å². The Hall–Kier alpha value is -0.200. The Bertz CT molecular complexity index is 260. The van der Waals surface area contributed by atoms with E-state index < -0.39 is 11.2 Å². The second-order valence-electron chi connectivity index (χ2n) is 5.10. The van der Waals surface area contributed by atoms with Crippen LogP contribution >= 0.6 is 0 Å². The molecule has 0 aromatic carbocycles. The third-order valence-electron chi connectivity index (χ3n) is 4.56. The largest absolute Gasteiger partial charge is 0.379 e. The molecule has 19 heavy (non-hydrogen) atoms. The van der Waals surface area contributed by atoms with Gasteiger partial charge in [-0.25, -0.2) is 0 Å². The van der Waals surface area contributed by atoms with E-state index in [1.807, 2.05) is 27.7 Å². The maximum absolute atomic E-state index is 5.78. The van der Waals surface area contributed by atoms with Crippen LogP contribution in [0.15, 0.2) is 0 Å². The number of rotatable bonds is 9. The zero-order valence-corrected chi connectivity index (χ0v) is 13.8. The van der Waals surface area contributed by atoms with Crippen LogP contribution in [-0.2, 0) is 23.7 Å². The molecule has 5 heteroatoms. The fourth-order valence-electron chi connectivity index (χ4n) is 2.59. The minimum Gasteiger partial charge on any atom is -0.379 e. The van der Waals surface area contributed by atoms with Crippen LogP contribution in [-0.4, -0.2) is 65.1 Å². The summed E-state index contributed by atoms with van der Waals surface area (Å²) < 4.78 is 28.0. The molecule has 0 N–H and O–H groups in total. The Morgan fingerprint density at radius 1 is 0.684 bits per heavy atom. The van der Waals surface area contributed by atoms with Crippen LogP contribution < -0.4 is 0 Å². The van der Waals surface area contributed by atoms with Gasteiger partial charge in [-0.3, -0.25) is 0 Å². The molecule has 0 saturated heterocycles. The Balaban J connectivity index is 5.64. The van der Waals surface area contributed by atoms with Crippen LogP contribution in [0.4, 0.5) is 0 Å². The molecule has 0 radical (unpaired) electrons. The van der Waals surface area contributed by atoms with Gasteiger partial charge in [-0.05, 0) is 27.7 Å². The summed E-state index contributed by atoms with van der Waals surface area (Å²) in [5.74, 6) is 0. The van der Waals surface area contributed by atoms with E-state index in [1.165, 1.54) is 0 Å². The molecule has 0 aromatic rings. The molecule has 0 aliphatic heterocycles. The third kappa shape index (κ3) is 3.28. The zero-order valence-electron chi connectivity index (χ0n) is 13.8. The van der Waals surface area contributed by atoms with E-state index in [9.17, 15) is 0 Å². The predicted molar refractivity (Wildman–Crippen MR) is 74.6 cm³/mol. The van der Waals surface area contributed by atoms with Crippen molar-refractivity contribution in [2.45, 2.75) is 57.2 Å². The smallest absolute Gasteiger partial charge is 0.125 e. The maximum Gasteiger partial charge on any atom is 0.125 e. The van der Waals surface area contributed by atoms with Gasteiger partial charge in [0.2, 0.25) is 0 Å². The highest BCUT2D eigenvalue weighted by atomic mass is 16.6. The number of hydrogen-bond acceptors (Lipinski definition) is 5. The van der Waals surface area contributed by atoms with Crippen molar-refractivity contribution in [3.8, 4) is 0 Å². The van der Waals surface area contributed by atoms with Crippen LogP contribution in [0, 0.1) is 0 Å². The molecule has 116 valence electrons. The molecule has 5 unspecified atom stereocenters. The average Bonchev–Trinajstić information content (AvgIpc) is 2.45. The SMILES string of the molecule is COC(C)C(OC)C(C)(OC)C(C)(OC)C(C)OC. The van der Waals surface area contributed by atoms with Gasteiger partial charge in [0, 0.05) is 35.5 Å². The highest BCUT2D eigenvalue weighted by molar-refractivity contribution is 5.06. The summed E-state index contributed by atoms with van der Waals surface area (Å²) >= 11 is 0. The van der Waals surface area contributed by atoms with Crippen LogP contribution in [0.5, 0.6) is 0 Å². The van der Waals surface area contributed by atoms with Gasteiger partial charge in [-0.15, -0.1) is 0 Å². The van der Waals surface area contributed by atoms with E-state index >= 15 is 0 Å². The van der Waals surface area contributed by atoms with Gasteiger partial charge in [0.1, 0.15) is 17.3 Å². The number of hydrogen-bond donors (Lipinski definition) is 0. The molecule has 0 rings (SSSR count). The zero-order chi connectivity index (χ0) is 15.3. The molecule has 0 aliphatic carbocycles. The summed E-state index contributed by atoms with van der Waals surface area (Å²) in [4.78, 5) is 0. The molecule has 5 nitrogen and oxygen atoms in total. The lowest BCUT2D eigenvalue weighted by molar-refractivity contribution is -0.265. The molecule has 5 atom stereocenters. The maximum atomic E-state index is 5.78. The van der Waals surface area contributed by atoms with E-state index in [0.29, 0.717) is 0 Å². The van der Waals surface area contributed by atoms with Gasteiger partial charge in [0.25, 0.3) is 0 Å². The predicted octanol–water partition coefficient (Wildman–Crippen LogP) is 1.88.